The second kappa shape index (κ2) is 5.15. The van der Waals surface area contributed by atoms with Crippen LogP contribution in [0.25, 0.3) is 33.5 Å². The van der Waals surface area contributed by atoms with Crippen LogP contribution >= 0.6 is 0 Å². The normalized spacial score (nSPS) is 11.0. The van der Waals surface area contributed by atoms with E-state index in [9.17, 15) is 0 Å². The number of fused-ring (bicyclic) bond motifs is 1. The van der Waals surface area contributed by atoms with E-state index in [2.05, 4.69) is 66.5 Å². The number of para-hydroxylation sites is 2. The van der Waals surface area contributed by atoms with Crippen LogP contribution in [0.15, 0.2) is 72.8 Å². The van der Waals surface area contributed by atoms with Gasteiger partial charge in [0, 0.05) is 5.56 Å². The number of hydrogen-bond donors (Lipinski definition) is 1. The second-order valence-electron chi connectivity index (χ2n) is 5.52. The van der Waals surface area contributed by atoms with Crippen LogP contribution in [-0.2, 0) is 0 Å². The Morgan fingerprint density at radius 1 is 0.773 bits per heavy atom. The van der Waals surface area contributed by atoms with Crippen LogP contribution in [0.3, 0.4) is 0 Å². The molecule has 0 aliphatic heterocycles. The molecule has 0 saturated carbocycles. The Bertz CT molecular complexity index is 918. The summed E-state index contributed by atoms with van der Waals surface area (Å²) in [6, 6.07) is 25.1. The molecule has 4 rings (SSSR count). The van der Waals surface area contributed by atoms with Gasteiger partial charge in [-0.25, -0.2) is 4.98 Å². The van der Waals surface area contributed by atoms with Crippen molar-refractivity contribution in [3.05, 3.63) is 78.4 Å². The van der Waals surface area contributed by atoms with Crippen molar-refractivity contribution >= 4 is 11.0 Å². The largest absolute Gasteiger partial charge is 0.338 e. The monoisotopic (exact) mass is 284 g/mol. The summed E-state index contributed by atoms with van der Waals surface area (Å²) in [6.45, 7) is 2.12. The highest BCUT2D eigenvalue weighted by Gasteiger charge is 2.10. The Morgan fingerprint density at radius 2 is 1.55 bits per heavy atom. The maximum atomic E-state index is 4.74. The summed E-state index contributed by atoms with van der Waals surface area (Å²) in [7, 11) is 0. The Hall–Kier alpha value is -2.87. The van der Waals surface area contributed by atoms with E-state index in [1.807, 2.05) is 18.2 Å². The van der Waals surface area contributed by atoms with Crippen LogP contribution < -0.4 is 0 Å². The van der Waals surface area contributed by atoms with Gasteiger partial charge in [0.1, 0.15) is 5.82 Å². The number of nitrogens with one attached hydrogen (secondary N) is 1. The molecule has 1 heterocycles. The summed E-state index contributed by atoms with van der Waals surface area (Å²) in [5, 5.41) is 0. The minimum Gasteiger partial charge on any atom is -0.338 e. The molecule has 0 atom stereocenters. The van der Waals surface area contributed by atoms with Crippen LogP contribution in [-0.4, -0.2) is 9.97 Å². The van der Waals surface area contributed by atoms with E-state index in [0.717, 1.165) is 22.4 Å². The van der Waals surface area contributed by atoms with E-state index in [4.69, 9.17) is 4.98 Å². The third-order valence-electron chi connectivity index (χ3n) is 3.90. The van der Waals surface area contributed by atoms with E-state index in [-0.39, 0.29) is 0 Å². The van der Waals surface area contributed by atoms with Gasteiger partial charge < -0.3 is 4.98 Å². The smallest absolute Gasteiger partial charge is 0.139 e. The van der Waals surface area contributed by atoms with E-state index in [0.29, 0.717) is 0 Å². The van der Waals surface area contributed by atoms with Gasteiger partial charge in [0.15, 0.2) is 0 Å². The molecule has 0 amide bonds. The Kier molecular flexibility index (Phi) is 3.01. The quantitative estimate of drug-likeness (QED) is 0.538. The summed E-state index contributed by atoms with van der Waals surface area (Å²) < 4.78 is 0. The van der Waals surface area contributed by atoms with E-state index in [1.165, 1.54) is 16.7 Å². The Balaban J connectivity index is 1.92. The first-order chi connectivity index (χ1) is 10.8. The average Bonchev–Trinajstić information content (AvgIpc) is 2.99. The maximum Gasteiger partial charge on any atom is 0.139 e. The summed E-state index contributed by atoms with van der Waals surface area (Å²) in [4.78, 5) is 8.16. The Morgan fingerprint density at radius 3 is 2.36 bits per heavy atom. The first-order valence-corrected chi connectivity index (χ1v) is 7.42. The van der Waals surface area contributed by atoms with Gasteiger partial charge in [0.2, 0.25) is 0 Å². The summed E-state index contributed by atoms with van der Waals surface area (Å²) in [6.07, 6.45) is 0. The molecule has 0 bridgehead atoms. The predicted molar refractivity (Wildman–Crippen MR) is 91.7 cm³/mol. The minimum absolute atomic E-state index is 0.915. The van der Waals surface area contributed by atoms with E-state index < -0.39 is 0 Å². The maximum absolute atomic E-state index is 4.74. The van der Waals surface area contributed by atoms with Crippen molar-refractivity contribution in [2.45, 2.75) is 6.92 Å². The van der Waals surface area contributed by atoms with Gasteiger partial charge in [-0.1, -0.05) is 66.2 Å². The highest BCUT2D eigenvalue weighted by molar-refractivity contribution is 5.85. The molecule has 1 N–H and O–H groups in total. The number of benzene rings is 3. The van der Waals surface area contributed by atoms with Crippen LogP contribution in [0.4, 0.5) is 0 Å². The standard InChI is InChI=1S/C20H16N2/c1-14-7-6-8-15(13-14)16-9-2-3-10-17(16)20-21-18-11-4-5-12-19(18)22-20/h2-13H,1H3,(H,21,22). The number of aromatic amines is 1. The average molecular weight is 284 g/mol. The molecule has 2 nitrogen and oxygen atoms in total. The molecule has 0 spiro atoms. The van der Waals surface area contributed by atoms with Gasteiger partial charge in [-0.3, -0.25) is 0 Å². The molecule has 22 heavy (non-hydrogen) atoms. The van der Waals surface area contributed by atoms with E-state index in [1.54, 1.807) is 0 Å². The number of aromatic nitrogens is 2. The number of H-pyrrole nitrogens is 1. The molecule has 0 unspecified atom stereocenters. The second-order valence-corrected chi connectivity index (χ2v) is 5.52. The first kappa shape index (κ1) is 12.8. The molecule has 0 aliphatic rings. The van der Waals surface area contributed by atoms with Gasteiger partial charge in [-0.2, -0.15) is 0 Å². The molecule has 0 radical (unpaired) electrons. The number of hydrogen-bond acceptors (Lipinski definition) is 1. The zero-order valence-electron chi connectivity index (χ0n) is 12.4. The molecule has 0 aliphatic carbocycles. The minimum atomic E-state index is 0.915. The molecule has 0 saturated heterocycles. The molecule has 0 fully saturated rings. The number of imidazole rings is 1. The highest BCUT2D eigenvalue weighted by Crippen LogP contribution is 2.31. The molecular weight excluding hydrogens is 268 g/mol. The van der Waals surface area contributed by atoms with Gasteiger partial charge in [0.05, 0.1) is 11.0 Å². The van der Waals surface area contributed by atoms with Gasteiger partial charge >= 0.3 is 0 Å². The third-order valence-corrected chi connectivity index (χ3v) is 3.90. The van der Waals surface area contributed by atoms with Crippen LogP contribution in [0.1, 0.15) is 5.56 Å². The van der Waals surface area contributed by atoms with Crippen molar-refractivity contribution in [2.24, 2.45) is 0 Å². The zero-order valence-corrected chi connectivity index (χ0v) is 12.4. The first-order valence-electron chi connectivity index (χ1n) is 7.42. The Labute approximate surface area is 129 Å². The lowest BCUT2D eigenvalue weighted by molar-refractivity contribution is 1.33. The van der Waals surface area contributed by atoms with Crippen molar-refractivity contribution in [1.29, 1.82) is 0 Å². The molecule has 4 aromatic rings. The predicted octanol–water partition coefficient (Wildman–Crippen LogP) is 5.21. The fraction of sp³-hybridized carbons (Fsp3) is 0.0500. The molecule has 2 heteroatoms. The van der Waals surface area contributed by atoms with Crippen molar-refractivity contribution in [3.8, 4) is 22.5 Å². The van der Waals surface area contributed by atoms with Crippen molar-refractivity contribution < 1.29 is 0 Å². The van der Waals surface area contributed by atoms with Crippen molar-refractivity contribution in [1.82, 2.24) is 9.97 Å². The summed E-state index contributed by atoms with van der Waals surface area (Å²) >= 11 is 0. The van der Waals surface area contributed by atoms with Crippen molar-refractivity contribution in [2.75, 3.05) is 0 Å². The molecular formula is C20H16N2. The lowest BCUT2D eigenvalue weighted by atomic mass is 9.98. The van der Waals surface area contributed by atoms with Crippen molar-refractivity contribution in [3.63, 3.8) is 0 Å². The van der Waals surface area contributed by atoms with E-state index >= 15 is 0 Å². The van der Waals surface area contributed by atoms with Crippen LogP contribution in [0.5, 0.6) is 0 Å². The highest BCUT2D eigenvalue weighted by atomic mass is 14.9. The lowest BCUT2D eigenvalue weighted by Crippen LogP contribution is -1.87. The SMILES string of the molecule is Cc1cccc(-c2ccccc2-c2nc3ccccc3[nH]2)c1. The fourth-order valence-corrected chi connectivity index (χ4v) is 2.83. The summed E-state index contributed by atoms with van der Waals surface area (Å²) in [5.74, 6) is 0.915. The third kappa shape index (κ3) is 2.19. The molecule has 1 aromatic heterocycles. The fourth-order valence-electron chi connectivity index (χ4n) is 2.83. The number of nitrogens with zero attached hydrogens (tertiary/aromatic N) is 1. The van der Waals surface area contributed by atoms with Crippen LogP contribution in [0, 0.1) is 6.92 Å². The lowest BCUT2D eigenvalue weighted by Gasteiger charge is -2.08. The zero-order chi connectivity index (χ0) is 14.9. The molecule has 106 valence electrons. The topological polar surface area (TPSA) is 28.7 Å². The van der Waals surface area contributed by atoms with Crippen LogP contribution in [0.2, 0.25) is 0 Å². The van der Waals surface area contributed by atoms with Gasteiger partial charge in [-0.15, -0.1) is 0 Å². The molecule has 3 aromatic carbocycles. The summed E-state index contributed by atoms with van der Waals surface area (Å²) in [5.41, 5.74) is 6.87. The number of aryl methyl sites for hydroxylation is 1. The van der Waals surface area contributed by atoms with Gasteiger partial charge in [-0.05, 0) is 30.2 Å². The van der Waals surface area contributed by atoms with Gasteiger partial charge in [0.25, 0.3) is 0 Å². The number of rotatable bonds is 2.